The van der Waals surface area contributed by atoms with Crippen LogP contribution in [-0.4, -0.2) is 42.7 Å². The zero-order valence-electron chi connectivity index (χ0n) is 19.3. The number of para-hydroxylation sites is 2. The fraction of sp³-hybridized carbons (Fsp3) is 0.321. The van der Waals surface area contributed by atoms with E-state index in [1.165, 1.54) is 17.7 Å². The number of nitrogens with one attached hydrogen (secondary N) is 1. The maximum absolute atomic E-state index is 13.1. The molecule has 2 aliphatic heterocycles. The number of halogens is 1. The number of rotatable bonds is 4. The molecule has 5 nitrogen and oxygen atoms in total. The van der Waals surface area contributed by atoms with Crippen LogP contribution in [0.3, 0.4) is 0 Å². The smallest absolute Gasteiger partial charge is 0.321 e. The first kappa shape index (κ1) is 22.3. The summed E-state index contributed by atoms with van der Waals surface area (Å²) in [5.74, 6) is 0.610. The Morgan fingerprint density at radius 2 is 1.56 bits per heavy atom. The van der Waals surface area contributed by atoms with E-state index in [-0.39, 0.29) is 17.4 Å². The molecule has 176 valence electrons. The van der Waals surface area contributed by atoms with Crippen LogP contribution in [0.25, 0.3) is 0 Å². The first-order chi connectivity index (χ1) is 16.6. The van der Waals surface area contributed by atoms with Crippen molar-refractivity contribution in [2.24, 2.45) is 0 Å². The lowest BCUT2D eigenvalue weighted by Gasteiger charge is -2.41. The third-order valence-corrected chi connectivity index (χ3v) is 6.94. The third kappa shape index (κ3) is 5.01. The molecule has 2 aliphatic rings. The highest BCUT2D eigenvalue weighted by molar-refractivity contribution is 5.89. The molecule has 1 saturated heterocycles. The summed E-state index contributed by atoms with van der Waals surface area (Å²) in [6.07, 6.45) is 3.47. The molecule has 3 aromatic rings. The predicted molar refractivity (Wildman–Crippen MR) is 133 cm³/mol. The Kier molecular flexibility index (Phi) is 6.39. The number of fused-ring (bicyclic) bond motifs is 1. The standard InChI is InChI=1S/C28H30FN3O2/c29-23-10-12-24(13-11-23)30-27(33)32-20-16-28(17-21-32)15-19-31(18-14-22-6-2-1-3-7-22)25-8-4-5-9-26(25)34-28/h1-13H,14-21H2,(H,30,33). The highest BCUT2D eigenvalue weighted by Crippen LogP contribution is 2.40. The van der Waals surface area contributed by atoms with Gasteiger partial charge in [0.1, 0.15) is 17.2 Å². The first-order valence-electron chi connectivity index (χ1n) is 12.0. The van der Waals surface area contributed by atoms with Gasteiger partial charge in [0.25, 0.3) is 0 Å². The number of hydrogen-bond acceptors (Lipinski definition) is 3. The number of piperidine rings is 1. The van der Waals surface area contributed by atoms with Crippen molar-refractivity contribution in [3.05, 3.63) is 90.2 Å². The van der Waals surface area contributed by atoms with Gasteiger partial charge in [-0.15, -0.1) is 0 Å². The van der Waals surface area contributed by atoms with Gasteiger partial charge in [-0.3, -0.25) is 0 Å². The van der Waals surface area contributed by atoms with Gasteiger partial charge in [0.15, 0.2) is 0 Å². The minimum absolute atomic E-state index is 0.153. The fourth-order valence-corrected chi connectivity index (χ4v) is 4.89. The van der Waals surface area contributed by atoms with Crippen LogP contribution in [0.15, 0.2) is 78.9 Å². The van der Waals surface area contributed by atoms with Crippen molar-refractivity contribution in [3.8, 4) is 5.75 Å². The number of carbonyl (C=O) groups is 1. The third-order valence-electron chi connectivity index (χ3n) is 6.94. The van der Waals surface area contributed by atoms with Crippen LogP contribution >= 0.6 is 0 Å². The molecule has 2 amide bonds. The van der Waals surface area contributed by atoms with E-state index in [1.54, 1.807) is 12.1 Å². The van der Waals surface area contributed by atoms with Crippen molar-refractivity contribution in [3.63, 3.8) is 0 Å². The number of hydrogen-bond donors (Lipinski definition) is 1. The SMILES string of the molecule is O=C(Nc1ccc(F)cc1)N1CCC2(CC1)CCN(CCc1ccccc1)c1ccccc1O2. The van der Waals surface area contributed by atoms with Crippen molar-refractivity contribution in [1.82, 2.24) is 4.90 Å². The molecule has 6 heteroatoms. The molecule has 3 aromatic carbocycles. The monoisotopic (exact) mass is 459 g/mol. The quantitative estimate of drug-likeness (QED) is 0.542. The molecule has 0 saturated carbocycles. The molecule has 1 spiro atoms. The van der Waals surface area contributed by atoms with Crippen LogP contribution in [0.5, 0.6) is 5.75 Å². The van der Waals surface area contributed by atoms with E-state index in [0.717, 1.165) is 50.2 Å². The molecule has 1 fully saturated rings. The molecular weight excluding hydrogens is 429 g/mol. The highest BCUT2D eigenvalue weighted by Gasteiger charge is 2.40. The summed E-state index contributed by atoms with van der Waals surface area (Å²) in [6, 6.07) is 24.6. The van der Waals surface area contributed by atoms with Crippen LogP contribution in [0.2, 0.25) is 0 Å². The largest absolute Gasteiger partial charge is 0.485 e. The number of amides is 2. The van der Waals surface area contributed by atoms with E-state index < -0.39 is 0 Å². The topological polar surface area (TPSA) is 44.8 Å². The van der Waals surface area contributed by atoms with Gasteiger partial charge in [-0.1, -0.05) is 42.5 Å². The normalized spacial score (nSPS) is 17.0. The van der Waals surface area contributed by atoms with Crippen molar-refractivity contribution in [2.75, 3.05) is 36.4 Å². The molecule has 5 rings (SSSR count). The van der Waals surface area contributed by atoms with Crippen molar-refractivity contribution < 1.29 is 13.9 Å². The lowest BCUT2D eigenvalue weighted by molar-refractivity contribution is 0.0110. The Labute approximate surface area is 200 Å². The van der Waals surface area contributed by atoms with E-state index in [1.807, 2.05) is 11.0 Å². The minimum Gasteiger partial charge on any atom is -0.485 e. The van der Waals surface area contributed by atoms with Gasteiger partial charge < -0.3 is 19.9 Å². The fourth-order valence-electron chi connectivity index (χ4n) is 4.89. The Morgan fingerprint density at radius 1 is 0.882 bits per heavy atom. The summed E-state index contributed by atoms with van der Waals surface area (Å²) < 4.78 is 19.8. The summed E-state index contributed by atoms with van der Waals surface area (Å²) >= 11 is 0. The molecule has 0 radical (unpaired) electrons. The first-order valence-corrected chi connectivity index (χ1v) is 12.0. The van der Waals surface area contributed by atoms with Crippen molar-refractivity contribution in [2.45, 2.75) is 31.3 Å². The molecule has 0 aromatic heterocycles. The van der Waals surface area contributed by atoms with Gasteiger partial charge in [0.05, 0.1) is 5.69 Å². The van der Waals surface area contributed by atoms with E-state index in [2.05, 4.69) is 58.7 Å². The second-order valence-electron chi connectivity index (χ2n) is 9.15. The maximum atomic E-state index is 13.1. The maximum Gasteiger partial charge on any atom is 0.321 e. The summed E-state index contributed by atoms with van der Waals surface area (Å²) in [4.78, 5) is 17.0. The van der Waals surface area contributed by atoms with Crippen molar-refractivity contribution >= 4 is 17.4 Å². The van der Waals surface area contributed by atoms with Crippen LogP contribution in [0.4, 0.5) is 20.6 Å². The summed E-state index contributed by atoms with van der Waals surface area (Å²) in [5.41, 5.74) is 2.80. The lowest BCUT2D eigenvalue weighted by atomic mass is 9.87. The number of carbonyl (C=O) groups excluding carboxylic acids is 1. The van der Waals surface area contributed by atoms with E-state index in [0.29, 0.717) is 18.8 Å². The predicted octanol–water partition coefficient (Wildman–Crippen LogP) is 5.72. The molecule has 0 aliphatic carbocycles. The van der Waals surface area contributed by atoms with Gasteiger partial charge in [-0.2, -0.15) is 0 Å². The number of likely N-dealkylation sites (tertiary alicyclic amines) is 1. The Morgan fingerprint density at radius 3 is 2.32 bits per heavy atom. The second kappa shape index (κ2) is 9.75. The van der Waals surface area contributed by atoms with Gasteiger partial charge in [-0.05, 0) is 48.4 Å². The molecule has 1 N–H and O–H groups in total. The zero-order valence-corrected chi connectivity index (χ0v) is 19.3. The number of ether oxygens (including phenoxy) is 1. The van der Waals surface area contributed by atoms with E-state index in [4.69, 9.17) is 4.74 Å². The number of urea groups is 1. The molecule has 0 atom stereocenters. The highest BCUT2D eigenvalue weighted by atomic mass is 19.1. The average molecular weight is 460 g/mol. The Hall–Kier alpha value is -3.54. The van der Waals surface area contributed by atoms with Gasteiger partial charge in [0, 0.05) is 51.1 Å². The Balaban J connectivity index is 1.24. The molecule has 2 heterocycles. The summed E-state index contributed by atoms with van der Waals surface area (Å²) in [7, 11) is 0. The molecule has 34 heavy (non-hydrogen) atoms. The number of nitrogens with zero attached hydrogens (tertiary/aromatic N) is 2. The van der Waals surface area contributed by atoms with Crippen LogP contribution in [-0.2, 0) is 6.42 Å². The van der Waals surface area contributed by atoms with E-state index in [9.17, 15) is 9.18 Å². The molecule has 0 unspecified atom stereocenters. The number of benzene rings is 3. The van der Waals surface area contributed by atoms with Crippen LogP contribution < -0.4 is 15.0 Å². The Bertz CT molecular complexity index is 1110. The summed E-state index contributed by atoms with van der Waals surface area (Å²) in [6.45, 7) is 3.11. The van der Waals surface area contributed by atoms with Crippen LogP contribution in [0, 0.1) is 5.82 Å². The second-order valence-corrected chi connectivity index (χ2v) is 9.15. The van der Waals surface area contributed by atoms with Crippen LogP contribution in [0.1, 0.15) is 24.8 Å². The number of anilines is 2. The summed E-state index contributed by atoms with van der Waals surface area (Å²) in [5, 5.41) is 2.87. The minimum atomic E-state index is -0.318. The van der Waals surface area contributed by atoms with Gasteiger partial charge in [0.2, 0.25) is 0 Å². The zero-order chi connectivity index (χ0) is 23.4. The van der Waals surface area contributed by atoms with Crippen molar-refractivity contribution in [1.29, 1.82) is 0 Å². The molecule has 0 bridgehead atoms. The van der Waals surface area contributed by atoms with E-state index >= 15 is 0 Å². The average Bonchev–Trinajstić information content (AvgIpc) is 3.02. The van der Waals surface area contributed by atoms with Gasteiger partial charge >= 0.3 is 6.03 Å². The lowest BCUT2D eigenvalue weighted by Crippen LogP contribution is -2.51. The molecular formula is C28H30FN3O2. The van der Waals surface area contributed by atoms with Gasteiger partial charge in [-0.25, -0.2) is 9.18 Å².